The quantitative estimate of drug-likeness (QED) is 0.676. The average molecular weight is 439 g/mol. The minimum Gasteiger partial charge on any atom is -0.309 e. The van der Waals surface area contributed by atoms with Gasteiger partial charge in [0.2, 0.25) is 10.0 Å². The predicted octanol–water partition coefficient (Wildman–Crippen LogP) is 2.48. The van der Waals surface area contributed by atoms with Crippen molar-refractivity contribution in [2.45, 2.75) is 37.1 Å². The summed E-state index contributed by atoms with van der Waals surface area (Å²) in [6.07, 6.45) is 3.10. The van der Waals surface area contributed by atoms with E-state index in [1.54, 1.807) is 16.4 Å². The van der Waals surface area contributed by atoms with Crippen LogP contribution < -0.4 is 5.56 Å². The molecule has 0 saturated carbocycles. The number of aryl methyl sites for hydroxylation is 2. The zero-order valence-corrected chi connectivity index (χ0v) is 18.4. The molecule has 0 bridgehead atoms. The second-order valence-electron chi connectivity index (χ2n) is 8.37. The van der Waals surface area contributed by atoms with Gasteiger partial charge < -0.3 is 4.98 Å². The minimum atomic E-state index is -3.50. The van der Waals surface area contributed by atoms with Gasteiger partial charge in [0.15, 0.2) is 0 Å². The van der Waals surface area contributed by atoms with Crippen molar-refractivity contribution >= 4 is 20.9 Å². The van der Waals surface area contributed by atoms with Crippen molar-refractivity contribution in [3.63, 3.8) is 0 Å². The molecule has 1 fully saturated rings. The first-order valence-electron chi connectivity index (χ1n) is 10.8. The Morgan fingerprint density at radius 2 is 1.74 bits per heavy atom. The SMILES string of the molecule is C[C@H](c1nc2ccccc2c(=O)[nH]1)N1CCN(S(=O)(=O)c2ccc3c(c2)CCC3)CC1. The standard InChI is InChI=1S/C23H26N4O3S/c1-16(22-24-21-8-3-2-7-20(21)23(28)25-22)26-11-13-27(14-12-26)31(29,30)19-10-9-17-5-4-6-18(17)15-19/h2-3,7-10,15-16H,4-6,11-14H2,1H3,(H,24,25,28)/t16-/m1/s1. The Labute approximate surface area is 181 Å². The Morgan fingerprint density at radius 3 is 2.55 bits per heavy atom. The van der Waals surface area contributed by atoms with E-state index in [0.29, 0.717) is 47.8 Å². The molecule has 2 aromatic carbocycles. The molecule has 1 N–H and O–H groups in total. The van der Waals surface area contributed by atoms with Crippen molar-refractivity contribution in [2.24, 2.45) is 0 Å². The van der Waals surface area contributed by atoms with Crippen molar-refractivity contribution in [1.82, 2.24) is 19.2 Å². The van der Waals surface area contributed by atoms with Crippen LogP contribution in [0.15, 0.2) is 52.2 Å². The molecule has 2 aliphatic rings. The van der Waals surface area contributed by atoms with Gasteiger partial charge in [-0.1, -0.05) is 18.2 Å². The minimum absolute atomic E-state index is 0.109. The van der Waals surface area contributed by atoms with Gasteiger partial charge in [0.05, 0.1) is 21.8 Å². The Hall–Kier alpha value is -2.55. The number of benzene rings is 2. The number of nitrogens with one attached hydrogen (secondary N) is 1. The molecule has 162 valence electrons. The van der Waals surface area contributed by atoms with Gasteiger partial charge in [0.1, 0.15) is 5.82 Å². The highest BCUT2D eigenvalue weighted by molar-refractivity contribution is 7.89. The molecule has 2 heterocycles. The first-order chi connectivity index (χ1) is 14.9. The summed E-state index contributed by atoms with van der Waals surface area (Å²) in [5.41, 5.74) is 2.96. The van der Waals surface area contributed by atoms with E-state index in [4.69, 9.17) is 0 Å². The molecule has 31 heavy (non-hydrogen) atoms. The number of fused-ring (bicyclic) bond motifs is 2. The Balaban J connectivity index is 1.31. The number of aromatic amines is 1. The van der Waals surface area contributed by atoms with Crippen LogP contribution >= 0.6 is 0 Å². The third-order valence-electron chi connectivity index (χ3n) is 6.56. The normalized spacial score (nSPS) is 18.9. The zero-order chi connectivity index (χ0) is 21.6. The van der Waals surface area contributed by atoms with Crippen molar-refractivity contribution < 1.29 is 8.42 Å². The molecule has 0 unspecified atom stereocenters. The summed E-state index contributed by atoms with van der Waals surface area (Å²) in [5.74, 6) is 0.610. The number of H-pyrrole nitrogens is 1. The molecule has 5 rings (SSSR count). The Morgan fingerprint density at radius 1 is 1.00 bits per heavy atom. The second kappa shape index (κ2) is 7.85. The van der Waals surface area contributed by atoms with E-state index in [9.17, 15) is 13.2 Å². The van der Waals surface area contributed by atoms with Gasteiger partial charge in [0, 0.05) is 26.2 Å². The third kappa shape index (κ3) is 3.69. The highest BCUT2D eigenvalue weighted by Crippen LogP contribution is 2.27. The second-order valence-corrected chi connectivity index (χ2v) is 10.3. The fourth-order valence-corrected chi connectivity index (χ4v) is 6.14. The monoisotopic (exact) mass is 438 g/mol. The van der Waals surface area contributed by atoms with E-state index >= 15 is 0 Å². The van der Waals surface area contributed by atoms with Gasteiger partial charge in [-0.25, -0.2) is 13.4 Å². The van der Waals surface area contributed by atoms with E-state index in [1.807, 2.05) is 37.3 Å². The predicted molar refractivity (Wildman–Crippen MR) is 120 cm³/mol. The molecule has 1 aliphatic carbocycles. The molecule has 3 aromatic rings. The van der Waals surface area contributed by atoms with Gasteiger partial charge in [-0.15, -0.1) is 0 Å². The van der Waals surface area contributed by atoms with E-state index in [1.165, 1.54) is 11.1 Å². The number of para-hydroxylation sites is 1. The van der Waals surface area contributed by atoms with Gasteiger partial charge in [-0.05, 0) is 61.6 Å². The average Bonchev–Trinajstić information content (AvgIpc) is 3.27. The highest BCUT2D eigenvalue weighted by Gasteiger charge is 2.31. The molecule has 1 aromatic heterocycles. The van der Waals surface area contributed by atoms with Crippen LogP contribution in [0.3, 0.4) is 0 Å². The lowest BCUT2D eigenvalue weighted by atomic mass is 10.1. The maximum Gasteiger partial charge on any atom is 0.258 e. The zero-order valence-electron chi connectivity index (χ0n) is 17.5. The molecular weight excluding hydrogens is 412 g/mol. The van der Waals surface area contributed by atoms with E-state index in [2.05, 4.69) is 14.9 Å². The lowest BCUT2D eigenvalue weighted by Gasteiger charge is -2.37. The summed E-state index contributed by atoms with van der Waals surface area (Å²) in [5, 5.41) is 0.573. The van der Waals surface area contributed by atoms with Gasteiger partial charge >= 0.3 is 0 Å². The molecule has 8 heteroatoms. The molecule has 1 atom stereocenters. The summed E-state index contributed by atoms with van der Waals surface area (Å²) < 4.78 is 27.9. The van der Waals surface area contributed by atoms with Crippen LogP contribution in [0.1, 0.15) is 36.3 Å². The number of nitrogens with zero attached hydrogens (tertiary/aromatic N) is 3. The van der Waals surface area contributed by atoms with Crippen molar-refractivity contribution in [1.29, 1.82) is 0 Å². The van der Waals surface area contributed by atoms with Gasteiger partial charge in [0.25, 0.3) is 5.56 Å². The van der Waals surface area contributed by atoms with Crippen LogP contribution in [0.5, 0.6) is 0 Å². The summed E-state index contributed by atoms with van der Waals surface area (Å²) in [7, 11) is -3.50. The van der Waals surface area contributed by atoms with Crippen molar-refractivity contribution in [3.05, 3.63) is 69.8 Å². The fraction of sp³-hybridized carbons (Fsp3) is 0.391. The van der Waals surface area contributed by atoms with Gasteiger partial charge in [-0.3, -0.25) is 9.69 Å². The topological polar surface area (TPSA) is 86.4 Å². The Kier molecular flexibility index (Phi) is 5.16. The van der Waals surface area contributed by atoms with Crippen LogP contribution in [0.25, 0.3) is 10.9 Å². The summed E-state index contributed by atoms with van der Waals surface area (Å²) >= 11 is 0. The molecule has 0 amide bonds. The molecule has 7 nitrogen and oxygen atoms in total. The lowest BCUT2D eigenvalue weighted by molar-refractivity contribution is 0.141. The first-order valence-corrected chi connectivity index (χ1v) is 12.2. The molecular formula is C23H26N4O3S. The van der Waals surface area contributed by atoms with Crippen LogP contribution in [0.4, 0.5) is 0 Å². The summed E-state index contributed by atoms with van der Waals surface area (Å²) in [6, 6.07) is 12.8. The number of hydrogen-bond acceptors (Lipinski definition) is 5. The largest absolute Gasteiger partial charge is 0.309 e. The van der Waals surface area contributed by atoms with E-state index in [-0.39, 0.29) is 11.6 Å². The fourth-order valence-electron chi connectivity index (χ4n) is 4.66. The number of rotatable bonds is 4. The highest BCUT2D eigenvalue weighted by atomic mass is 32.2. The maximum absolute atomic E-state index is 13.2. The number of piperazine rings is 1. The van der Waals surface area contributed by atoms with Crippen LogP contribution in [0.2, 0.25) is 0 Å². The number of sulfonamides is 1. The smallest absolute Gasteiger partial charge is 0.258 e. The van der Waals surface area contributed by atoms with Crippen molar-refractivity contribution in [2.75, 3.05) is 26.2 Å². The summed E-state index contributed by atoms with van der Waals surface area (Å²) in [6.45, 7) is 4.00. The molecule has 0 spiro atoms. The molecule has 1 aliphatic heterocycles. The lowest BCUT2D eigenvalue weighted by Crippen LogP contribution is -2.49. The molecule has 1 saturated heterocycles. The maximum atomic E-state index is 13.2. The summed E-state index contributed by atoms with van der Waals surface area (Å²) in [4.78, 5) is 22.5. The molecule has 0 radical (unpaired) electrons. The number of hydrogen-bond donors (Lipinski definition) is 1. The third-order valence-corrected chi connectivity index (χ3v) is 8.45. The number of aromatic nitrogens is 2. The van der Waals surface area contributed by atoms with Gasteiger partial charge in [-0.2, -0.15) is 4.31 Å². The Bertz CT molecular complexity index is 1290. The first kappa shape index (κ1) is 20.4. The van der Waals surface area contributed by atoms with Crippen LogP contribution in [-0.4, -0.2) is 53.8 Å². The van der Waals surface area contributed by atoms with E-state index in [0.717, 1.165) is 19.3 Å². The van der Waals surface area contributed by atoms with Crippen LogP contribution in [0, 0.1) is 0 Å². The van der Waals surface area contributed by atoms with Crippen molar-refractivity contribution in [3.8, 4) is 0 Å². The van der Waals surface area contributed by atoms with E-state index < -0.39 is 10.0 Å². The van der Waals surface area contributed by atoms with Crippen LogP contribution in [-0.2, 0) is 22.9 Å².